The van der Waals surface area contributed by atoms with E-state index in [1.807, 2.05) is 24.3 Å². The van der Waals surface area contributed by atoms with Crippen LogP contribution in [0, 0.1) is 0 Å². The second-order valence-electron chi connectivity index (χ2n) is 5.95. The summed E-state index contributed by atoms with van der Waals surface area (Å²) in [5, 5.41) is 3.15. The summed E-state index contributed by atoms with van der Waals surface area (Å²) in [4.78, 5) is 6.94. The first-order valence-electron chi connectivity index (χ1n) is 8.77. The van der Waals surface area contributed by atoms with Gasteiger partial charge in [-0.2, -0.15) is 0 Å². The highest BCUT2D eigenvalue weighted by Gasteiger charge is 2.22. The molecule has 0 aromatic heterocycles. The number of likely N-dealkylation sites (tertiary alicyclic amines) is 1. The van der Waals surface area contributed by atoms with Gasteiger partial charge in [0, 0.05) is 12.6 Å². The van der Waals surface area contributed by atoms with Gasteiger partial charge in [0.15, 0.2) is 5.96 Å². The fourth-order valence-electron chi connectivity index (χ4n) is 2.93. The molecule has 1 aliphatic heterocycles. The fourth-order valence-corrected chi connectivity index (χ4v) is 2.93. The van der Waals surface area contributed by atoms with Crippen LogP contribution in [0.25, 0.3) is 0 Å². The molecular weight excluding hydrogens is 431 g/mol. The largest absolute Gasteiger partial charge is 0.497 e. The van der Waals surface area contributed by atoms with E-state index in [0.29, 0.717) is 18.6 Å². The van der Waals surface area contributed by atoms with Crippen molar-refractivity contribution in [1.29, 1.82) is 0 Å². The third-order valence-corrected chi connectivity index (χ3v) is 4.33. The highest BCUT2D eigenvalue weighted by Crippen LogP contribution is 2.17. The fraction of sp³-hybridized carbons (Fsp3) is 0.611. The van der Waals surface area contributed by atoms with Crippen molar-refractivity contribution in [3.63, 3.8) is 0 Å². The van der Waals surface area contributed by atoms with E-state index in [4.69, 9.17) is 15.2 Å². The molecule has 2 rings (SSSR count). The lowest BCUT2D eigenvalue weighted by atomic mass is 10.2. The number of benzene rings is 1. The summed E-state index contributed by atoms with van der Waals surface area (Å²) >= 11 is 0. The minimum Gasteiger partial charge on any atom is -0.497 e. The molecule has 1 aromatic carbocycles. The topological polar surface area (TPSA) is 72.1 Å². The van der Waals surface area contributed by atoms with E-state index in [0.717, 1.165) is 37.6 Å². The van der Waals surface area contributed by atoms with Gasteiger partial charge in [0.2, 0.25) is 0 Å². The lowest BCUT2D eigenvalue weighted by Gasteiger charge is -2.20. The number of ether oxygens (including phenoxy) is 2. The molecule has 0 aliphatic carbocycles. The minimum absolute atomic E-state index is 0. The summed E-state index contributed by atoms with van der Waals surface area (Å²) in [5.74, 6) is 2.21. The Kier molecular flexibility index (Phi) is 10.6. The molecule has 1 aliphatic rings. The number of nitrogens with two attached hydrogens (primary N) is 1. The molecule has 1 unspecified atom stereocenters. The van der Waals surface area contributed by atoms with E-state index in [9.17, 15) is 0 Å². The number of methoxy groups -OCH3 is 1. The Morgan fingerprint density at radius 3 is 2.72 bits per heavy atom. The smallest absolute Gasteiger partial charge is 0.188 e. The summed E-state index contributed by atoms with van der Waals surface area (Å²) in [6, 6.07) is 8.14. The second-order valence-corrected chi connectivity index (χ2v) is 5.95. The maximum absolute atomic E-state index is 5.93. The maximum Gasteiger partial charge on any atom is 0.188 e. The van der Waals surface area contributed by atoms with Gasteiger partial charge in [-0.25, -0.2) is 0 Å². The third-order valence-electron chi connectivity index (χ3n) is 4.33. The molecule has 0 bridgehead atoms. The van der Waals surface area contributed by atoms with Crippen LogP contribution in [-0.4, -0.2) is 56.8 Å². The third kappa shape index (κ3) is 7.68. The van der Waals surface area contributed by atoms with Crippen LogP contribution in [0.4, 0.5) is 0 Å². The second kappa shape index (κ2) is 12.2. The summed E-state index contributed by atoms with van der Waals surface area (Å²) in [7, 11) is 1.65. The summed E-state index contributed by atoms with van der Waals surface area (Å²) in [5.41, 5.74) is 5.93. The summed E-state index contributed by atoms with van der Waals surface area (Å²) in [6.07, 6.45) is 3.36. The standard InChI is InChI=1S/C18H30N4O2.HI/c1-3-22-12-4-6-15(22)14-21-18(19)20-11-5-13-24-17-9-7-16(23-2)8-10-17;/h7-10,15H,3-6,11-14H2,1-2H3,(H3,19,20,21);1H. The minimum atomic E-state index is 0. The molecule has 6 nitrogen and oxygen atoms in total. The van der Waals surface area contributed by atoms with Crippen LogP contribution >= 0.6 is 24.0 Å². The SMILES string of the molecule is CCN1CCCC1CN=C(N)NCCCOc1ccc(OC)cc1.I. The maximum atomic E-state index is 5.93. The Morgan fingerprint density at radius 1 is 1.32 bits per heavy atom. The monoisotopic (exact) mass is 462 g/mol. The van der Waals surface area contributed by atoms with Crippen LogP contribution in [-0.2, 0) is 0 Å². The normalized spacial score (nSPS) is 17.8. The predicted octanol–water partition coefficient (Wildman–Crippen LogP) is 2.47. The van der Waals surface area contributed by atoms with Gasteiger partial charge in [-0.15, -0.1) is 24.0 Å². The van der Waals surface area contributed by atoms with Crippen LogP contribution in [0.15, 0.2) is 29.3 Å². The van der Waals surface area contributed by atoms with Gasteiger partial charge in [-0.3, -0.25) is 9.89 Å². The Bertz CT molecular complexity index is 510. The van der Waals surface area contributed by atoms with Gasteiger partial charge in [-0.05, 0) is 56.6 Å². The van der Waals surface area contributed by atoms with Gasteiger partial charge < -0.3 is 20.5 Å². The number of hydrogen-bond acceptors (Lipinski definition) is 4. The van der Waals surface area contributed by atoms with Crippen molar-refractivity contribution in [3.05, 3.63) is 24.3 Å². The van der Waals surface area contributed by atoms with E-state index in [-0.39, 0.29) is 24.0 Å². The molecule has 1 aromatic rings. The van der Waals surface area contributed by atoms with Gasteiger partial charge in [0.05, 0.1) is 20.3 Å². The molecule has 3 N–H and O–H groups in total. The highest BCUT2D eigenvalue weighted by molar-refractivity contribution is 14.0. The number of rotatable bonds is 9. The lowest BCUT2D eigenvalue weighted by molar-refractivity contribution is 0.273. The molecule has 1 saturated heterocycles. The van der Waals surface area contributed by atoms with E-state index >= 15 is 0 Å². The summed E-state index contributed by atoms with van der Waals surface area (Å²) in [6.45, 7) is 6.66. The van der Waals surface area contributed by atoms with Gasteiger partial charge in [-0.1, -0.05) is 6.92 Å². The van der Waals surface area contributed by atoms with Crippen molar-refractivity contribution in [2.24, 2.45) is 10.7 Å². The summed E-state index contributed by atoms with van der Waals surface area (Å²) < 4.78 is 10.8. The van der Waals surface area contributed by atoms with E-state index < -0.39 is 0 Å². The Morgan fingerprint density at radius 2 is 2.04 bits per heavy atom. The number of guanidine groups is 1. The molecule has 1 heterocycles. The molecule has 25 heavy (non-hydrogen) atoms. The molecule has 1 atom stereocenters. The first kappa shape index (κ1) is 21.8. The molecule has 1 fully saturated rings. The molecule has 0 radical (unpaired) electrons. The Labute approximate surface area is 168 Å². The molecule has 7 heteroatoms. The lowest BCUT2D eigenvalue weighted by Crippen LogP contribution is -2.36. The highest BCUT2D eigenvalue weighted by atomic mass is 127. The van der Waals surface area contributed by atoms with Gasteiger partial charge in [0.25, 0.3) is 0 Å². The Balaban J connectivity index is 0.00000312. The predicted molar refractivity (Wildman–Crippen MR) is 113 cm³/mol. The van der Waals surface area contributed by atoms with Crippen LogP contribution in [0.5, 0.6) is 11.5 Å². The number of aliphatic imine (C=N–C) groups is 1. The van der Waals surface area contributed by atoms with Crippen molar-refractivity contribution in [1.82, 2.24) is 10.2 Å². The van der Waals surface area contributed by atoms with Crippen LogP contribution in [0.2, 0.25) is 0 Å². The van der Waals surface area contributed by atoms with Crippen molar-refractivity contribution in [3.8, 4) is 11.5 Å². The number of hydrogen-bond donors (Lipinski definition) is 2. The number of nitrogens with zero attached hydrogens (tertiary/aromatic N) is 2. The van der Waals surface area contributed by atoms with E-state index in [1.54, 1.807) is 7.11 Å². The van der Waals surface area contributed by atoms with Crippen LogP contribution < -0.4 is 20.5 Å². The van der Waals surface area contributed by atoms with Gasteiger partial charge >= 0.3 is 0 Å². The van der Waals surface area contributed by atoms with Crippen molar-refractivity contribution in [2.45, 2.75) is 32.2 Å². The first-order valence-corrected chi connectivity index (χ1v) is 8.77. The molecule has 0 amide bonds. The number of halogens is 1. The number of nitrogens with one attached hydrogen (secondary N) is 1. The van der Waals surface area contributed by atoms with E-state index in [2.05, 4.69) is 22.1 Å². The zero-order chi connectivity index (χ0) is 17.2. The van der Waals surface area contributed by atoms with Crippen molar-refractivity contribution < 1.29 is 9.47 Å². The average molecular weight is 462 g/mol. The first-order chi connectivity index (χ1) is 11.7. The van der Waals surface area contributed by atoms with E-state index in [1.165, 1.54) is 19.4 Å². The van der Waals surface area contributed by atoms with Crippen molar-refractivity contribution in [2.75, 3.05) is 39.9 Å². The molecule has 0 spiro atoms. The zero-order valence-electron chi connectivity index (χ0n) is 15.2. The number of likely N-dealkylation sites (N-methyl/N-ethyl adjacent to an activating group) is 1. The van der Waals surface area contributed by atoms with Crippen LogP contribution in [0.3, 0.4) is 0 Å². The van der Waals surface area contributed by atoms with Gasteiger partial charge in [0.1, 0.15) is 11.5 Å². The quantitative estimate of drug-likeness (QED) is 0.255. The zero-order valence-corrected chi connectivity index (χ0v) is 17.6. The molecular formula is C18H31IN4O2. The average Bonchev–Trinajstić information content (AvgIpc) is 3.07. The van der Waals surface area contributed by atoms with Crippen molar-refractivity contribution >= 4 is 29.9 Å². The van der Waals surface area contributed by atoms with Crippen LogP contribution in [0.1, 0.15) is 26.2 Å². The Hall–Kier alpha value is -1.22. The molecule has 142 valence electrons. The molecule has 0 saturated carbocycles.